The van der Waals surface area contributed by atoms with E-state index in [4.69, 9.17) is 4.74 Å². The average Bonchev–Trinajstić information content (AvgIpc) is 2.84. The molecule has 0 N–H and O–H groups in total. The first-order valence-electron chi connectivity index (χ1n) is 7.20. The monoisotopic (exact) mass is 291 g/mol. The highest BCUT2D eigenvalue weighted by Crippen LogP contribution is 2.21. The molecule has 3 rings (SSSR count). The molecule has 0 atom stereocenters. The number of benzene rings is 2. The normalized spacial score (nSPS) is 15.9. The topological polar surface area (TPSA) is 38.7 Å². The van der Waals surface area contributed by atoms with Gasteiger partial charge in [0, 0.05) is 5.56 Å². The van der Waals surface area contributed by atoms with Gasteiger partial charge >= 0.3 is 5.97 Å². The van der Waals surface area contributed by atoms with Crippen molar-refractivity contribution in [2.75, 3.05) is 0 Å². The van der Waals surface area contributed by atoms with Crippen molar-refractivity contribution in [3.63, 3.8) is 0 Å². The number of hydrogen-bond acceptors (Lipinski definition) is 3. The fraction of sp³-hybridized carbons (Fsp3) is 0.158. The van der Waals surface area contributed by atoms with Crippen molar-refractivity contribution >= 4 is 17.9 Å². The number of carbonyl (C=O) groups excluding carboxylic acids is 1. The summed E-state index contributed by atoms with van der Waals surface area (Å²) in [6.45, 7) is 6.07. The molecule has 1 aliphatic rings. The molecule has 2 aromatic rings. The number of esters is 1. The molecule has 1 aliphatic heterocycles. The molecule has 0 aliphatic carbocycles. The van der Waals surface area contributed by atoms with Gasteiger partial charge < -0.3 is 4.74 Å². The van der Waals surface area contributed by atoms with Crippen molar-refractivity contribution in [3.8, 4) is 0 Å². The van der Waals surface area contributed by atoms with Crippen LogP contribution in [0.1, 0.15) is 27.8 Å². The fourth-order valence-corrected chi connectivity index (χ4v) is 2.36. The van der Waals surface area contributed by atoms with Gasteiger partial charge in [0.2, 0.25) is 5.90 Å². The quantitative estimate of drug-likeness (QED) is 0.620. The summed E-state index contributed by atoms with van der Waals surface area (Å²) in [7, 11) is 0. The van der Waals surface area contributed by atoms with Crippen LogP contribution in [-0.2, 0) is 9.53 Å². The van der Waals surface area contributed by atoms with E-state index in [0.29, 0.717) is 11.6 Å². The van der Waals surface area contributed by atoms with Gasteiger partial charge in [0.05, 0.1) is 0 Å². The largest absolute Gasteiger partial charge is 0.402 e. The second-order valence-electron chi connectivity index (χ2n) is 5.56. The number of ether oxygens (including phenoxy) is 1. The first-order chi connectivity index (χ1) is 10.5. The Morgan fingerprint density at radius 2 is 1.64 bits per heavy atom. The van der Waals surface area contributed by atoms with Gasteiger partial charge in [-0.25, -0.2) is 9.79 Å². The van der Waals surface area contributed by atoms with E-state index in [2.05, 4.69) is 11.1 Å². The Labute approximate surface area is 130 Å². The lowest BCUT2D eigenvalue weighted by atomic mass is 10.0. The number of carbonyl (C=O) groups is 1. The van der Waals surface area contributed by atoms with Gasteiger partial charge in [-0.05, 0) is 50.1 Å². The maximum absolute atomic E-state index is 12.0. The first-order valence-corrected chi connectivity index (χ1v) is 7.20. The van der Waals surface area contributed by atoms with E-state index in [-0.39, 0.29) is 0 Å². The third kappa shape index (κ3) is 2.84. The van der Waals surface area contributed by atoms with Crippen LogP contribution in [0.5, 0.6) is 0 Å². The molecule has 2 aromatic carbocycles. The minimum Gasteiger partial charge on any atom is -0.402 e. The zero-order chi connectivity index (χ0) is 15.7. The summed E-state index contributed by atoms with van der Waals surface area (Å²) in [5.41, 5.74) is 5.58. The molecule has 0 saturated heterocycles. The molecule has 0 radical (unpaired) electrons. The maximum Gasteiger partial charge on any atom is 0.363 e. The van der Waals surface area contributed by atoms with E-state index in [9.17, 15) is 4.79 Å². The van der Waals surface area contributed by atoms with Crippen LogP contribution in [0.4, 0.5) is 0 Å². The maximum atomic E-state index is 12.0. The summed E-state index contributed by atoms with van der Waals surface area (Å²) in [4.78, 5) is 16.3. The SMILES string of the molecule is Cc1ccc(C2=N/C(=C\c3ccc(C)cc3C)C(=O)O2)cc1. The Balaban J connectivity index is 1.95. The van der Waals surface area contributed by atoms with E-state index in [1.54, 1.807) is 6.08 Å². The lowest BCUT2D eigenvalue weighted by Crippen LogP contribution is -2.05. The highest BCUT2D eigenvalue weighted by atomic mass is 16.6. The molecule has 0 saturated carbocycles. The molecule has 0 bridgehead atoms. The number of nitrogens with zero attached hydrogens (tertiary/aromatic N) is 1. The summed E-state index contributed by atoms with van der Waals surface area (Å²) < 4.78 is 5.28. The highest BCUT2D eigenvalue weighted by Gasteiger charge is 2.24. The molecule has 22 heavy (non-hydrogen) atoms. The van der Waals surface area contributed by atoms with Crippen molar-refractivity contribution in [1.29, 1.82) is 0 Å². The predicted molar refractivity (Wildman–Crippen MR) is 87.7 cm³/mol. The minimum absolute atomic E-state index is 0.336. The molecule has 110 valence electrons. The zero-order valence-electron chi connectivity index (χ0n) is 12.9. The van der Waals surface area contributed by atoms with E-state index < -0.39 is 5.97 Å². The van der Waals surface area contributed by atoms with Gasteiger partial charge in [-0.3, -0.25) is 0 Å². The van der Waals surface area contributed by atoms with Gasteiger partial charge in [0.25, 0.3) is 0 Å². The average molecular weight is 291 g/mol. The lowest BCUT2D eigenvalue weighted by molar-refractivity contribution is -0.129. The van der Waals surface area contributed by atoms with Gasteiger partial charge in [-0.15, -0.1) is 0 Å². The molecule has 0 aromatic heterocycles. The van der Waals surface area contributed by atoms with Crippen LogP contribution in [0, 0.1) is 20.8 Å². The summed E-state index contributed by atoms with van der Waals surface area (Å²) >= 11 is 0. The van der Waals surface area contributed by atoms with E-state index in [0.717, 1.165) is 22.3 Å². The fourth-order valence-electron chi connectivity index (χ4n) is 2.36. The van der Waals surface area contributed by atoms with Crippen LogP contribution in [-0.4, -0.2) is 11.9 Å². The number of cyclic esters (lactones) is 1. The molecule has 0 unspecified atom stereocenters. The zero-order valence-corrected chi connectivity index (χ0v) is 12.9. The van der Waals surface area contributed by atoms with Gasteiger partial charge in [0.1, 0.15) is 0 Å². The second-order valence-corrected chi connectivity index (χ2v) is 5.56. The van der Waals surface area contributed by atoms with Gasteiger partial charge in [0.15, 0.2) is 5.70 Å². The minimum atomic E-state index is -0.407. The summed E-state index contributed by atoms with van der Waals surface area (Å²) in [5, 5.41) is 0. The smallest absolute Gasteiger partial charge is 0.363 e. The van der Waals surface area contributed by atoms with E-state index in [1.165, 1.54) is 5.56 Å². The molecule has 0 fully saturated rings. The van der Waals surface area contributed by atoms with E-state index in [1.807, 2.05) is 57.2 Å². The Kier molecular flexibility index (Phi) is 3.63. The molecule has 0 amide bonds. The molecule has 3 heteroatoms. The lowest BCUT2D eigenvalue weighted by Gasteiger charge is -2.01. The number of aliphatic imine (C=N–C) groups is 1. The Hall–Kier alpha value is -2.68. The number of aryl methyl sites for hydroxylation is 3. The van der Waals surface area contributed by atoms with Crippen LogP contribution < -0.4 is 0 Å². The summed E-state index contributed by atoms with van der Waals surface area (Å²) in [6.07, 6.45) is 1.78. The van der Waals surface area contributed by atoms with Crippen molar-refractivity contribution in [1.82, 2.24) is 0 Å². The third-order valence-electron chi connectivity index (χ3n) is 3.64. The molecule has 1 heterocycles. The number of hydrogen-bond donors (Lipinski definition) is 0. The molecular formula is C19H17NO2. The Bertz CT molecular complexity index is 799. The van der Waals surface area contributed by atoms with Crippen molar-refractivity contribution in [2.45, 2.75) is 20.8 Å². The van der Waals surface area contributed by atoms with Gasteiger partial charge in [-0.1, -0.05) is 41.5 Å². The summed E-state index contributed by atoms with van der Waals surface area (Å²) in [6, 6.07) is 13.8. The standard InChI is InChI=1S/C19H17NO2/c1-12-4-7-15(8-5-12)18-20-17(19(21)22-18)11-16-9-6-13(2)10-14(16)3/h4-11H,1-3H3/b17-11-. The van der Waals surface area contributed by atoms with Crippen LogP contribution in [0.3, 0.4) is 0 Å². The van der Waals surface area contributed by atoms with Crippen LogP contribution in [0.15, 0.2) is 53.2 Å². The first kappa shape index (κ1) is 14.3. The van der Waals surface area contributed by atoms with Crippen molar-refractivity contribution in [2.24, 2.45) is 4.99 Å². The second kappa shape index (κ2) is 5.60. The Morgan fingerprint density at radius 3 is 2.32 bits per heavy atom. The molecule has 3 nitrogen and oxygen atoms in total. The molecule has 0 spiro atoms. The van der Waals surface area contributed by atoms with Gasteiger partial charge in [-0.2, -0.15) is 0 Å². The highest BCUT2D eigenvalue weighted by molar-refractivity contribution is 6.12. The van der Waals surface area contributed by atoms with E-state index >= 15 is 0 Å². The van der Waals surface area contributed by atoms with Crippen LogP contribution >= 0.6 is 0 Å². The van der Waals surface area contributed by atoms with Crippen molar-refractivity contribution < 1.29 is 9.53 Å². The number of rotatable bonds is 2. The van der Waals surface area contributed by atoms with Crippen LogP contribution in [0.25, 0.3) is 6.08 Å². The Morgan fingerprint density at radius 1 is 0.955 bits per heavy atom. The summed E-state index contributed by atoms with van der Waals surface area (Å²) in [5.74, 6) is -0.0448. The third-order valence-corrected chi connectivity index (χ3v) is 3.64. The van der Waals surface area contributed by atoms with Crippen molar-refractivity contribution in [3.05, 3.63) is 76.0 Å². The molecular weight excluding hydrogens is 274 g/mol. The predicted octanol–water partition coefficient (Wildman–Crippen LogP) is 3.96. The van der Waals surface area contributed by atoms with Crippen LogP contribution in [0.2, 0.25) is 0 Å².